The average Bonchev–Trinajstić information content (AvgIpc) is 2.70. The number of carboxylic acid groups (broad SMARTS) is 1. The number of hydrogen-bond acceptors (Lipinski definition) is 3. The van der Waals surface area contributed by atoms with E-state index in [0.29, 0.717) is 12.0 Å². The van der Waals surface area contributed by atoms with E-state index in [1.165, 1.54) is 32.7 Å². The van der Waals surface area contributed by atoms with Crippen molar-refractivity contribution < 1.29 is 19.5 Å². The molecule has 3 N–H and O–H groups in total. The molecule has 1 rings (SSSR count). The van der Waals surface area contributed by atoms with Crippen LogP contribution in [-0.2, 0) is 14.4 Å². The van der Waals surface area contributed by atoms with Crippen LogP contribution < -0.4 is 10.6 Å². The second-order valence-electron chi connectivity index (χ2n) is 7.17. The van der Waals surface area contributed by atoms with Gasteiger partial charge in [-0.3, -0.25) is 14.4 Å². The number of carboxylic acids is 1. The second kappa shape index (κ2) is 13.7. The quantitative estimate of drug-likeness (QED) is 0.421. The maximum absolute atomic E-state index is 12.7. The second-order valence-corrected chi connectivity index (χ2v) is 7.17. The van der Waals surface area contributed by atoms with Gasteiger partial charge in [-0.05, 0) is 12.0 Å². The first-order valence-corrected chi connectivity index (χ1v) is 10.3. The van der Waals surface area contributed by atoms with Gasteiger partial charge in [0.15, 0.2) is 0 Å². The van der Waals surface area contributed by atoms with Gasteiger partial charge < -0.3 is 15.7 Å². The van der Waals surface area contributed by atoms with Crippen molar-refractivity contribution >= 4 is 17.8 Å². The highest BCUT2D eigenvalue weighted by atomic mass is 16.4. The molecule has 0 radical (unpaired) electrons. The zero-order valence-electron chi connectivity index (χ0n) is 17.1. The number of rotatable bonds is 14. The van der Waals surface area contributed by atoms with Crippen LogP contribution in [0.25, 0.3) is 0 Å². The molecule has 156 valence electrons. The Hall–Kier alpha value is -2.37. The summed E-state index contributed by atoms with van der Waals surface area (Å²) in [5, 5.41) is 14.5. The number of nitrogens with one attached hydrogen (secondary N) is 2. The molecule has 6 nitrogen and oxygen atoms in total. The van der Waals surface area contributed by atoms with Crippen molar-refractivity contribution in [1.82, 2.24) is 10.6 Å². The summed E-state index contributed by atoms with van der Waals surface area (Å²) in [7, 11) is 1.51. The number of aliphatic carboxylic acids is 1. The van der Waals surface area contributed by atoms with Crippen molar-refractivity contribution in [1.29, 1.82) is 0 Å². The fourth-order valence-electron chi connectivity index (χ4n) is 3.23. The zero-order valence-corrected chi connectivity index (χ0v) is 17.1. The maximum Gasteiger partial charge on any atom is 0.304 e. The van der Waals surface area contributed by atoms with E-state index in [4.69, 9.17) is 0 Å². The third-order valence-corrected chi connectivity index (χ3v) is 4.88. The van der Waals surface area contributed by atoms with E-state index < -0.39 is 17.9 Å². The molecule has 1 aromatic carbocycles. The molecule has 2 atom stereocenters. The molecule has 2 amide bonds. The number of unbranched alkanes of at least 4 members (excludes halogenated alkanes) is 6. The number of hydrogen-bond donors (Lipinski definition) is 3. The van der Waals surface area contributed by atoms with Crippen molar-refractivity contribution in [2.24, 2.45) is 5.92 Å². The van der Waals surface area contributed by atoms with Gasteiger partial charge in [0, 0.05) is 13.0 Å². The number of amides is 2. The van der Waals surface area contributed by atoms with Gasteiger partial charge in [0.05, 0.1) is 6.42 Å². The summed E-state index contributed by atoms with van der Waals surface area (Å²) >= 11 is 0. The first-order chi connectivity index (χ1) is 13.5. The van der Waals surface area contributed by atoms with Crippen LogP contribution >= 0.6 is 0 Å². The minimum absolute atomic E-state index is 0.225. The molecule has 0 aliphatic rings. The van der Waals surface area contributed by atoms with E-state index in [2.05, 4.69) is 17.6 Å². The normalized spacial score (nSPS) is 12.8. The lowest BCUT2D eigenvalue weighted by Crippen LogP contribution is -2.42. The van der Waals surface area contributed by atoms with Gasteiger partial charge in [-0.2, -0.15) is 0 Å². The Balaban J connectivity index is 2.65. The van der Waals surface area contributed by atoms with E-state index in [9.17, 15) is 19.5 Å². The first-order valence-electron chi connectivity index (χ1n) is 10.3. The Morgan fingerprint density at radius 1 is 0.929 bits per heavy atom. The van der Waals surface area contributed by atoms with Gasteiger partial charge in [-0.15, -0.1) is 0 Å². The lowest BCUT2D eigenvalue weighted by molar-refractivity contribution is -0.141. The highest BCUT2D eigenvalue weighted by Gasteiger charge is 2.27. The van der Waals surface area contributed by atoms with Crippen LogP contribution in [0.15, 0.2) is 30.3 Å². The van der Waals surface area contributed by atoms with Gasteiger partial charge >= 0.3 is 5.97 Å². The molecule has 0 aliphatic heterocycles. The SMILES string of the molecule is CCCCCCCCC[C@H](CC(=O)O)C(=O)N[C@@H](C(=O)NC)c1ccccc1. The topological polar surface area (TPSA) is 95.5 Å². The third-order valence-electron chi connectivity index (χ3n) is 4.88. The van der Waals surface area contributed by atoms with Crippen molar-refractivity contribution in [3.05, 3.63) is 35.9 Å². The summed E-state index contributed by atoms with van der Waals surface area (Å²) in [6.45, 7) is 2.18. The highest BCUT2D eigenvalue weighted by molar-refractivity contribution is 5.90. The van der Waals surface area contributed by atoms with Gasteiger partial charge in [-0.1, -0.05) is 82.2 Å². The van der Waals surface area contributed by atoms with Crippen LogP contribution in [0.4, 0.5) is 0 Å². The Kier molecular flexibility index (Phi) is 11.6. The molecule has 1 aromatic rings. The molecule has 0 heterocycles. The smallest absolute Gasteiger partial charge is 0.304 e. The summed E-state index contributed by atoms with van der Waals surface area (Å²) in [6.07, 6.45) is 8.04. The van der Waals surface area contributed by atoms with Crippen LogP contribution in [0.5, 0.6) is 0 Å². The fourth-order valence-corrected chi connectivity index (χ4v) is 3.23. The molecule has 28 heavy (non-hydrogen) atoms. The molecule has 0 bridgehead atoms. The average molecular weight is 391 g/mol. The van der Waals surface area contributed by atoms with E-state index in [0.717, 1.165) is 19.3 Å². The van der Waals surface area contributed by atoms with Crippen LogP contribution in [0, 0.1) is 5.92 Å². The molecule has 0 fully saturated rings. The van der Waals surface area contributed by atoms with Gasteiger partial charge in [0.2, 0.25) is 11.8 Å². The minimum atomic E-state index is -1.00. The maximum atomic E-state index is 12.7. The van der Waals surface area contributed by atoms with Crippen molar-refractivity contribution in [3.63, 3.8) is 0 Å². The highest BCUT2D eigenvalue weighted by Crippen LogP contribution is 2.19. The van der Waals surface area contributed by atoms with Crippen LogP contribution in [0.1, 0.15) is 76.3 Å². The Bertz CT molecular complexity index is 604. The van der Waals surface area contributed by atoms with Gasteiger partial charge in [-0.25, -0.2) is 0 Å². The molecule has 0 spiro atoms. The molecular formula is C22H34N2O4. The molecule has 6 heteroatoms. The van der Waals surface area contributed by atoms with E-state index >= 15 is 0 Å². The summed E-state index contributed by atoms with van der Waals surface area (Å²) in [5.41, 5.74) is 0.667. The number of carbonyl (C=O) groups is 3. The van der Waals surface area contributed by atoms with Crippen LogP contribution in [-0.4, -0.2) is 29.9 Å². The molecular weight excluding hydrogens is 356 g/mol. The summed E-state index contributed by atoms with van der Waals surface area (Å²) in [4.78, 5) is 36.2. The third kappa shape index (κ3) is 9.02. The minimum Gasteiger partial charge on any atom is -0.481 e. The monoisotopic (exact) mass is 390 g/mol. The number of likely N-dealkylation sites (N-methyl/N-ethyl adjacent to an activating group) is 1. The lowest BCUT2D eigenvalue weighted by atomic mass is 9.95. The fraction of sp³-hybridized carbons (Fsp3) is 0.591. The number of benzene rings is 1. The van der Waals surface area contributed by atoms with Crippen LogP contribution in [0.2, 0.25) is 0 Å². The van der Waals surface area contributed by atoms with Crippen LogP contribution in [0.3, 0.4) is 0 Å². The predicted octanol–water partition coefficient (Wildman–Crippen LogP) is 3.82. The summed E-state index contributed by atoms with van der Waals surface area (Å²) in [6, 6.07) is 8.13. The zero-order chi connectivity index (χ0) is 20.8. The Morgan fingerprint density at radius 3 is 2.11 bits per heavy atom. The van der Waals surface area contributed by atoms with Gasteiger partial charge in [0.1, 0.15) is 6.04 Å². The molecule has 0 saturated heterocycles. The van der Waals surface area contributed by atoms with E-state index in [-0.39, 0.29) is 18.2 Å². The summed E-state index contributed by atoms with van der Waals surface area (Å²) in [5.74, 6) is -2.35. The van der Waals surface area contributed by atoms with Crippen molar-refractivity contribution in [2.45, 2.75) is 70.8 Å². The Labute approximate surface area is 168 Å². The van der Waals surface area contributed by atoms with E-state index in [1.54, 1.807) is 24.3 Å². The largest absolute Gasteiger partial charge is 0.481 e. The molecule has 0 saturated carbocycles. The standard InChI is InChI=1S/C22H34N2O4/c1-3-4-5-6-7-8-10-15-18(16-19(25)26)21(27)24-20(22(28)23-2)17-13-11-9-12-14-17/h9,11-14,18,20H,3-8,10,15-16H2,1-2H3,(H,23,28)(H,24,27)(H,25,26)/t18-,20-/m1/s1. The predicted molar refractivity (Wildman–Crippen MR) is 110 cm³/mol. The Morgan fingerprint density at radius 2 is 1.54 bits per heavy atom. The molecule has 0 aromatic heterocycles. The molecule has 0 aliphatic carbocycles. The lowest BCUT2D eigenvalue weighted by Gasteiger charge is -2.21. The summed E-state index contributed by atoms with van der Waals surface area (Å²) < 4.78 is 0. The van der Waals surface area contributed by atoms with Crippen molar-refractivity contribution in [3.8, 4) is 0 Å². The number of carbonyl (C=O) groups excluding carboxylic acids is 2. The van der Waals surface area contributed by atoms with Crippen molar-refractivity contribution in [2.75, 3.05) is 7.05 Å². The van der Waals surface area contributed by atoms with Gasteiger partial charge in [0.25, 0.3) is 0 Å². The van der Waals surface area contributed by atoms with E-state index in [1.807, 2.05) is 6.07 Å². The molecule has 0 unspecified atom stereocenters. The first kappa shape index (κ1) is 23.7.